The van der Waals surface area contributed by atoms with Gasteiger partial charge in [-0.05, 0) is 23.8 Å². The first kappa shape index (κ1) is 15.0. The van der Waals surface area contributed by atoms with Crippen LogP contribution < -0.4 is 4.74 Å². The molecule has 0 amide bonds. The van der Waals surface area contributed by atoms with Crippen molar-refractivity contribution in [3.63, 3.8) is 0 Å². The van der Waals surface area contributed by atoms with Crippen molar-refractivity contribution in [1.82, 2.24) is 0 Å². The summed E-state index contributed by atoms with van der Waals surface area (Å²) in [7, 11) is 0. The number of nitro groups is 1. The van der Waals surface area contributed by atoms with Crippen LogP contribution in [0.5, 0.6) is 11.5 Å². The molecule has 0 fully saturated rings. The van der Waals surface area contributed by atoms with E-state index in [0.29, 0.717) is 5.75 Å². The molecule has 0 aromatic heterocycles. The Morgan fingerprint density at radius 2 is 1.95 bits per heavy atom. The van der Waals surface area contributed by atoms with Crippen molar-refractivity contribution in [3.8, 4) is 17.6 Å². The third-order valence-corrected chi connectivity index (χ3v) is 2.84. The highest BCUT2D eigenvalue weighted by atomic mass is 16.6. The molecule has 0 aliphatic heterocycles. The van der Waals surface area contributed by atoms with Crippen LogP contribution in [0, 0.1) is 21.4 Å². The smallest absolute Gasteiger partial charge is 0.339 e. The molecule has 1 N–H and O–H groups in total. The van der Waals surface area contributed by atoms with Gasteiger partial charge in [0.2, 0.25) is 0 Å². The summed E-state index contributed by atoms with van der Waals surface area (Å²) >= 11 is 0. The lowest BCUT2D eigenvalue weighted by Crippen LogP contribution is -2.01. The lowest BCUT2D eigenvalue weighted by Gasteiger charge is -2.09. The molecular formula is C15H10N2O5. The van der Waals surface area contributed by atoms with Crippen LogP contribution in [-0.4, -0.2) is 16.0 Å². The van der Waals surface area contributed by atoms with E-state index in [1.54, 1.807) is 24.3 Å². The second-order valence-electron chi connectivity index (χ2n) is 4.32. The number of carboxylic acids is 1. The molecule has 2 aromatic carbocycles. The van der Waals surface area contributed by atoms with E-state index in [1.807, 2.05) is 6.07 Å². The van der Waals surface area contributed by atoms with E-state index in [-0.39, 0.29) is 23.4 Å². The Morgan fingerprint density at radius 3 is 2.50 bits per heavy atom. The van der Waals surface area contributed by atoms with Gasteiger partial charge in [0.1, 0.15) is 17.1 Å². The summed E-state index contributed by atoms with van der Waals surface area (Å²) in [6.07, 6.45) is 0.262. The summed E-state index contributed by atoms with van der Waals surface area (Å²) in [6, 6.07) is 11.9. The first-order chi connectivity index (χ1) is 10.5. The minimum atomic E-state index is -1.32. The topological polar surface area (TPSA) is 113 Å². The van der Waals surface area contributed by atoms with Gasteiger partial charge < -0.3 is 9.84 Å². The molecular weight excluding hydrogens is 288 g/mol. The summed E-state index contributed by atoms with van der Waals surface area (Å²) in [5, 5.41) is 28.4. The Hall–Kier alpha value is -3.40. The highest BCUT2D eigenvalue weighted by molar-refractivity contribution is 5.91. The summed E-state index contributed by atoms with van der Waals surface area (Å²) in [6.45, 7) is 0. The number of nitro benzene ring substituents is 1. The van der Waals surface area contributed by atoms with Crippen LogP contribution in [0.3, 0.4) is 0 Å². The van der Waals surface area contributed by atoms with Gasteiger partial charge >= 0.3 is 5.97 Å². The van der Waals surface area contributed by atoms with Crippen LogP contribution in [0.25, 0.3) is 0 Å². The van der Waals surface area contributed by atoms with Crippen molar-refractivity contribution < 1.29 is 19.6 Å². The molecule has 0 atom stereocenters. The maximum absolute atomic E-state index is 11.2. The zero-order valence-corrected chi connectivity index (χ0v) is 11.2. The molecule has 7 heteroatoms. The molecule has 0 heterocycles. The van der Waals surface area contributed by atoms with E-state index < -0.39 is 10.9 Å². The van der Waals surface area contributed by atoms with Gasteiger partial charge in [-0.3, -0.25) is 10.1 Å². The summed E-state index contributed by atoms with van der Waals surface area (Å²) < 4.78 is 5.45. The molecule has 0 saturated heterocycles. The lowest BCUT2D eigenvalue weighted by atomic mass is 10.1. The number of rotatable bonds is 5. The fourth-order valence-electron chi connectivity index (χ4n) is 1.78. The van der Waals surface area contributed by atoms with Gasteiger partial charge in [-0.15, -0.1) is 0 Å². The second-order valence-corrected chi connectivity index (χ2v) is 4.32. The van der Waals surface area contributed by atoms with Gasteiger partial charge in [0, 0.05) is 12.1 Å². The Bertz CT molecular complexity index is 762. The van der Waals surface area contributed by atoms with Crippen LogP contribution in [0.4, 0.5) is 5.69 Å². The molecule has 0 saturated carbocycles. The Labute approximate surface area is 125 Å². The molecule has 2 aromatic rings. The fraction of sp³-hybridized carbons (Fsp3) is 0.0667. The molecule has 0 bridgehead atoms. The molecule has 0 unspecified atom stereocenters. The normalized spacial score (nSPS) is 9.77. The van der Waals surface area contributed by atoms with Crippen molar-refractivity contribution in [2.75, 3.05) is 0 Å². The molecule has 0 aliphatic carbocycles. The van der Waals surface area contributed by atoms with E-state index in [2.05, 4.69) is 0 Å². The van der Waals surface area contributed by atoms with E-state index in [9.17, 15) is 14.9 Å². The quantitative estimate of drug-likeness (QED) is 0.670. The standard InChI is InChI=1S/C15H10N2O5/c16-8-7-10-1-4-12(5-2-10)22-14-6-3-11(17(20)21)9-13(14)15(18)19/h1-6,9H,7H2,(H,18,19). The van der Waals surface area contributed by atoms with Gasteiger partial charge in [-0.25, -0.2) is 4.79 Å². The number of aromatic carboxylic acids is 1. The lowest BCUT2D eigenvalue weighted by molar-refractivity contribution is -0.384. The van der Waals surface area contributed by atoms with Gasteiger partial charge in [0.25, 0.3) is 5.69 Å². The maximum Gasteiger partial charge on any atom is 0.339 e. The van der Waals surface area contributed by atoms with Crippen LogP contribution in [0.2, 0.25) is 0 Å². The Balaban J connectivity index is 2.30. The van der Waals surface area contributed by atoms with Gasteiger partial charge in [0.15, 0.2) is 0 Å². The van der Waals surface area contributed by atoms with Crippen LogP contribution in [0.1, 0.15) is 15.9 Å². The minimum absolute atomic E-state index is 0.00568. The fourth-order valence-corrected chi connectivity index (χ4v) is 1.78. The number of carboxylic acid groups (broad SMARTS) is 1. The van der Waals surface area contributed by atoms with E-state index in [4.69, 9.17) is 15.1 Å². The van der Waals surface area contributed by atoms with Crippen LogP contribution >= 0.6 is 0 Å². The minimum Gasteiger partial charge on any atom is -0.478 e. The third kappa shape index (κ3) is 3.37. The average Bonchev–Trinajstić information content (AvgIpc) is 2.49. The number of hydrogen-bond donors (Lipinski definition) is 1. The number of nitrogens with zero attached hydrogens (tertiary/aromatic N) is 2. The highest BCUT2D eigenvalue weighted by Crippen LogP contribution is 2.29. The van der Waals surface area contributed by atoms with Gasteiger partial charge in [-0.2, -0.15) is 5.26 Å². The first-order valence-corrected chi connectivity index (χ1v) is 6.16. The van der Waals surface area contributed by atoms with Crippen molar-refractivity contribution >= 4 is 11.7 Å². The zero-order chi connectivity index (χ0) is 16.1. The van der Waals surface area contributed by atoms with Crippen LogP contribution in [0.15, 0.2) is 42.5 Å². The SMILES string of the molecule is N#CCc1ccc(Oc2ccc([N+](=O)[O-])cc2C(=O)O)cc1. The number of hydrogen-bond acceptors (Lipinski definition) is 5. The number of carbonyl (C=O) groups is 1. The second kappa shape index (κ2) is 6.37. The summed E-state index contributed by atoms with van der Waals surface area (Å²) in [5.74, 6) is -0.941. The monoisotopic (exact) mass is 298 g/mol. The van der Waals surface area contributed by atoms with Gasteiger partial charge in [0.05, 0.1) is 17.4 Å². The van der Waals surface area contributed by atoms with Crippen molar-refractivity contribution in [1.29, 1.82) is 5.26 Å². The molecule has 110 valence electrons. The zero-order valence-electron chi connectivity index (χ0n) is 11.2. The molecule has 2 rings (SSSR count). The first-order valence-electron chi connectivity index (χ1n) is 6.16. The molecule has 22 heavy (non-hydrogen) atoms. The van der Waals surface area contributed by atoms with Crippen molar-refractivity contribution in [2.45, 2.75) is 6.42 Å². The van der Waals surface area contributed by atoms with Crippen molar-refractivity contribution in [2.24, 2.45) is 0 Å². The van der Waals surface area contributed by atoms with Crippen LogP contribution in [-0.2, 0) is 6.42 Å². The Kier molecular flexibility index (Phi) is 4.34. The number of ether oxygens (including phenoxy) is 1. The average molecular weight is 298 g/mol. The summed E-state index contributed by atoms with van der Waals surface area (Å²) in [4.78, 5) is 21.2. The summed E-state index contributed by atoms with van der Waals surface area (Å²) in [5.41, 5.74) is 0.182. The maximum atomic E-state index is 11.2. The van der Waals surface area contributed by atoms with E-state index >= 15 is 0 Å². The van der Waals surface area contributed by atoms with E-state index in [0.717, 1.165) is 11.6 Å². The molecule has 0 radical (unpaired) electrons. The Morgan fingerprint density at radius 1 is 1.27 bits per heavy atom. The molecule has 0 spiro atoms. The van der Waals surface area contributed by atoms with Crippen molar-refractivity contribution in [3.05, 3.63) is 63.7 Å². The molecule has 0 aliphatic rings. The predicted molar refractivity (Wildman–Crippen MR) is 75.9 cm³/mol. The third-order valence-electron chi connectivity index (χ3n) is 2.84. The molecule has 7 nitrogen and oxygen atoms in total. The number of nitriles is 1. The largest absolute Gasteiger partial charge is 0.478 e. The number of benzene rings is 2. The van der Waals surface area contributed by atoms with E-state index in [1.165, 1.54) is 12.1 Å². The van der Waals surface area contributed by atoms with Gasteiger partial charge in [-0.1, -0.05) is 12.1 Å². The number of non-ortho nitro benzene ring substituents is 1. The highest BCUT2D eigenvalue weighted by Gasteiger charge is 2.17. The predicted octanol–water partition coefficient (Wildman–Crippen LogP) is 3.15.